The SMILES string of the molecule is O=c1[nH]cnc(N2CC=C(C(F)(F)F)CC2)c1I. The number of aromatic nitrogens is 2. The van der Waals surface area contributed by atoms with E-state index in [1.54, 1.807) is 4.90 Å². The molecule has 4 nitrogen and oxygen atoms in total. The lowest BCUT2D eigenvalue weighted by atomic mass is 10.1. The van der Waals surface area contributed by atoms with Crippen LogP contribution in [0.2, 0.25) is 0 Å². The molecular weight excluding hydrogens is 362 g/mol. The quantitative estimate of drug-likeness (QED) is 0.608. The molecule has 0 unspecified atom stereocenters. The number of anilines is 1. The molecule has 0 amide bonds. The molecule has 0 aliphatic carbocycles. The Morgan fingerprint density at radius 3 is 2.72 bits per heavy atom. The van der Waals surface area contributed by atoms with Crippen molar-refractivity contribution in [3.63, 3.8) is 0 Å². The van der Waals surface area contributed by atoms with Crippen LogP contribution >= 0.6 is 22.6 Å². The van der Waals surface area contributed by atoms with Crippen LogP contribution in [0.15, 0.2) is 22.8 Å². The second kappa shape index (κ2) is 4.90. The Bertz CT molecular complexity index is 538. The normalized spacial score (nSPS) is 16.7. The minimum absolute atomic E-state index is 0.0892. The van der Waals surface area contributed by atoms with Crippen LogP contribution in [0.5, 0.6) is 0 Å². The molecule has 1 aliphatic rings. The smallest absolute Gasteiger partial charge is 0.351 e. The molecule has 0 atom stereocenters. The maximum Gasteiger partial charge on any atom is 0.412 e. The maximum absolute atomic E-state index is 12.5. The molecule has 2 heterocycles. The van der Waals surface area contributed by atoms with Gasteiger partial charge in [-0.15, -0.1) is 0 Å². The van der Waals surface area contributed by atoms with E-state index in [1.807, 2.05) is 22.6 Å². The lowest BCUT2D eigenvalue weighted by molar-refractivity contribution is -0.0944. The van der Waals surface area contributed by atoms with Gasteiger partial charge in [0.25, 0.3) is 5.56 Å². The molecular formula is C10H9F3IN3O. The molecule has 98 valence electrons. The maximum atomic E-state index is 12.5. The molecule has 0 aromatic carbocycles. The molecule has 2 rings (SSSR count). The highest BCUT2D eigenvalue weighted by Crippen LogP contribution is 2.31. The molecule has 0 radical (unpaired) electrons. The molecule has 0 saturated heterocycles. The first-order chi connectivity index (χ1) is 8.39. The fourth-order valence-corrected chi connectivity index (χ4v) is 2.35. The lowest BCUT2D eigenvalue weighted by Gasteiger charge is -2.28. The number of aromatic amines is 1. The summed E-state index contributed by atoms with van der Waals surface area (Å²) in [4.78, 5) is 19.5. The van der Waals surface area contributed by atoms with Crippen LogP contribution in [0.1, 0.15) is 6.42 Å². The second-order valence-electron chi connectivity index (χ2n) is 3.79. The summed E-state index contributed by atoms with van der Waals surface area (Å²) < 4.78 is 37.8. The number of hydrogen-bond donors (Lipinski definition) is 1. The largest absolute Gasteiger partial charge is 0.412 e. The van der Waals surface area contributed by atoms with Crippen molar-refractivity contribution in [3.05, 3.63) is 31.9 Å². The summed E-state index contributed by atoms with van der Waals surface area (Å²) in [5, 5.41) is 0. The van der Waals surface area contributed by atoms with Gasteiger partial charge in [0, 0.05) is 18.7 Å². The van der Waals surface area contributed by atoms with Crippen LogP contribution in [-0.4, -0.2) is 29.2 Å². The molecule has 1 aliphatic heterocycles. The van der Waals surface area contributed by atoms with Gasteiger partial charge in [0.05, 0.1) is 6.33 Å². The number of hydrogen-bond acceptors (Lipinski definition) is 3. The number of nitrogens with one attached hydrogen (secondary N) is 1. The zero-order valence-corrected chi connectivity index (χ0v) is 11.2. The summed E-state index contributed by atoms with van der Waals surface area (Å²) in [5.74, 6) is 0.428. The average molecular weight is 371 g/mol. The third-order valence-corrected chi connectivity index (χ3v) is 3.62. The van der Waals surface area contributed by atoms with Crippen LogP contribution in [0, 0.1) is 3.57 Å². The fourth-order valence-electron chi connectivity index (χ4n) is 1.71. The van der Waals surface area contributed by atoms with Crippen molar-refractivity contribution in [1.82, 2.24) is 9.97 Å². The molecule has 18 heavy (non-hydrogen) atoms. The fraction of sp³-hybridized carbons (Fsp3) is 0.400. The van der Waals surface area contributed by atoms with E-state index in [0.29, 0.717) is 9.39 Å². The molecule has 1 aromatic rings. The van der Waals surface area contributed by atoms with E-state index >= 15 is 0 Å². The van der Waals surface area contributed by atoms with E-state index in [1.165, 1.54) is 6.33 Å². The van der Waals surface area contributed by atoms with Gasteiger partial charge in [-0.2, -0.15) is 13.2 Å². The molecule has 1 aromatic heterocycles. The molecule has 0 saturated carbocycles. The van der Waals surface area contributed by atoms with Gasteiger partial charge in [-0.25, -0.2) is 4.98 Å². The first-order valence-corrected chi connectivity index (χ1v) is 6.22. The first-order valence-electron chi connectivity index (χ1n) is 5.14. The Hall–Kier alpha value is -1.06. The van der Waals surface area contributed by atoms with Crippen LogP contribution in [0.25, 0.3) is 0 Å². The monoisotopic (exact) mass is 371 g/mol. The summed E-state index contributed by atoms with van der Waals surface area (Å²) in [5.41, 5.74) is -0.801. The Morgan fingerprint density at radius 1 is 1.44 bits per heavy atom. The summed E-state index contributed by atoms with van der Waals surface area (Å²) in [7, 11) is 0. The Balaban J connectivity index is 2.22. The third kappa shape index (κ3) is 2.68. The Labute approximate surface area is 114 Å². The number of nitrogens with zero attached hydrogens (tertiary/aromatic N) is 2. The Kier molecular flexibility index (Phi) is 3.64. The molecule has 0 bridgehead atoms. The van der Waals surface area contributed by atoms with Crippen molar-refractivity contribution in [3.8, 4) is 0 Å². The Morgan fingerprint density at radius 2 is 2.17 bits per heavy atom. The van der Waals surface area contributed by atoms with Gasteiger partial charge >= 0.3 is 6.18 Å². The van der Waals surface area contributed by atoms with Crippen molar-refractivity contribution in [2.45, 2.75) is 12.6 Å². The van der Waals surface area contributed by atoms with E-state index in [4.69, 9.17) is 0 Å². The van der Waals surface area contributed by atoms with Crippen molar-refractivity contribution in [1.29, 1.82) is 0 Å². The number of halogens is 4. The van der Waals surface area contributed by atoms with E-state index in [2.05, 4.69) is 9.97 Å². The van der Waals surface area contributed by atoms with Gasteiger partial charge in [-0.3, -0.25) is 4.79 Å². The van der Waals surface area contributed by atoms with E-state index < -0.39 is 11.7 Å². The topological polar surface area (TPSA) is 49.0 Å². The van der Waals surface area contributed by atoms with Crippen LogP contribution < -0.4 is 10.5 Å². The first kappa shape index (κ1) is 13.4. The van der Waals surface area contributed by atoms with Crippen molar-refractivity contribution in [2.75, 3.05) is 18.0 Å². The van der Waals surface area contributed by atoms with Crippen molar-refractivity contribution < 1.29 is 13.2 Å². The van der Waals surface area contributed by atoms with Gasteiger partial charge in [-0.1, -0.05) is 6.08 Å². The van der Waals surface area contributed by atoms with Crippen LogP contribution in [0.4, 0.5) is 19.0 Å². The van der Waals surface area contributed by atoms with Crippen molar-refractivity contribution >= 4 is 28.4 Å². The molecule has 8 heteroatoms. The predicted molar refractivity (Wildman–Crippen MR) is 68.5 cm³/mol. The van der Waals surface area contributed by atoms with Gasteiger partial charge in [0.15, 0.2) is 0 Å². The van der Waals surface area contributed by atoms with Crippen LogP contribution in [0.3, 0.4) is 0 Å². The molecule has 0 fully saturated rings. The highest BCUT2D eigenvalue weighted by atomic mass is 127. The van der Waals surface area contributed by atoms with Gasteiger partial charge in [-0.05, 0) is 29.0 Å². The average Bonchev–Trinajstić information content (AvgIpc) is 2.32. The van der Waals surface area contributed by atoms with Crippen LogP contribution in [-0.2, 0) is 0 Å². The van der Waals surface area contributed by atoms with Gasteiger partial charge in [0.1, 0.15) is 9.39 Å². The zero-order valence-electron chi connectivity index (χ0n) is 9.09. The number of H-pyrrole nitrogens is 1. The van der Waals surface area contributed by atoms with E-state index in [9.17, 15) is 18.0 Å². The summed E-state index contributed by atoms with van der Waals surface area (Å²) >= 11 is 1.84. The molecule has 0 spiro atoms. The summed E-state index contributed by atoms with van der Waals surface area (Å²) in [6.07, 6.45) is -1.96. The summed E-state index contributed by atoms with van der Waals surface area (Å²) in [6, 6.07) is 0. The minimum atomic E-state index is -4.26. The van der Waals surface area contributed by atoms with Gasteiger partial charge < -0.3 is 9.88 Å². The predicted octanol–water partition coefficient (Wildman–Crippen LogP) is 2.07. The zero-order chi connectivity index (χ0) is 13.3. The standard InChI is InChI=1S/C10H9F3IN3O/c11-10(12,13)6-1-3-17(4-2-6)8-7(14)9(18)16-5-15-8/h1,5H,2-4H2,(H,15,16,18). The lowest BCUT2D eigenvalue weighted by Crippen LogP contribution is -2.34. The van der Waals surface area contributed by atoms with E-state index in [0.717, 1.165) is 6.08 Å². The highest BCUT2D eigenvalue weighted by molar-refractivity contribution is 14.1. The van der Waals surface area contributed by atoms with E-state index in [-0.39, 0.29) is 25.1 Å². The second-order valence-corrected chi connectivity index (χ2v) is 4.87. The summed E-state index contributed by atoms with van der Waals surface area (Å²) in [6.45, 7) is 0.319. The minimum Gasteiger partial charge on any atom is -0.351 e. The number of alkyl halides is 3. The van der Waals surface area contributed by atoms with Gasteiger partial charge in [0.2, 0.25) is 0 Å². The highest BCUT2D eigenvalue weighted by Gasteiger charge is 2.35. The van der Waals surface area contributed by atoms with Crippen molar-refractivity contribution in [2.24, 2.45) is 0 Å². The molecule has 1 N–H and O–H groups in total. The number of rotatable bonds is 1. The third-order valence-electron chi connectivity index (χ3n) is 2.65.